The van der Waals surface area contributed by atoms with Crippen LogP contribution in [0.1, 0.15) is 24.7 Å². The van der Waals surface area contributed by atoms with Crippen molar-refractivity contribution in [2.75, 3.05) is 13.2 Å². The lowest BCUT2D eigenvalue weighted by molar-refractivity contribution is 0.0590. The van der Waals surface area contributed by atoms with E-state index in [0.717, 1.165) is 28.8 Å². The smallest absolute Gasteiger partial charge is 0.0738 e. The van der Waals surface area contributed by atoms with Crippen molar-refractivity contribution >= 4 is 15.9 Å². The number of halogens is 1. The lowest BCUT2D eigenvalue weighted by atomic mass is 10.2. The van der Waals surface area contributed by atoms with Crippen molar-refractivity contribution in [3.05, 3.63) is 15.9 Å². The first kappa shape index (κ1) is 13.7. The summed E-state index contributed by atoms with van der Waals surface area (Å²) in [6.07, 6.45) is 1.03. The number of aromatic nitrogens is 2. The lowest BCUT2D eigenvalue weighted by Gasteiger charge is -2.15. The fraction of sp³-hybridized carbons (Fsp3) is 0.727. The van der Waals surface area contributed by atoms with Crippen LogP contribution < -0.4 is 5.73 Å². The summed E-state index contributed by atoms with van der Waals surface area (Å²) < 4.78 is 8.60. The van der Waals surface area contributed by atoms with Crippen LogP contribution in [0.5, 0.6) is 0 Å². The molecule has 0 aliphatic carbocycles. The maximum Gasteiger partial charge on any atom is 0.0738 e. The van der Waals surface area contributed by atoms with Gasteiger partial charge in [0.25, 0.3) is 0 Å². The number of nitrogens with two attached hydrogens (primary N) is 1. The van der Waals surface area contributed by atoms with Gasteiger partial charge in [0.1, 0.15) is 0 Å². The molecule has 1 atom stereocenters. The van der Waals surface area contributed by atoms with E-state index in [2.05, 4.69) is 28.0 Å². The Morgan fingerprint density at radius 2 is 2.19 bits per heavy atom. The van der Waals surface area contributed by atoms with Crippen LogP contribution in [0.15, 0.2) is 4.47 Å². The molecule has 1 rings (SSSR count). The van der Waals surface area contributed by atoms with Gasteiger partial charge in [-0.3, -0.25) is 4.68 Å². The van der Waals surface area contributed by atoms with Crippen LogP contribution in [0.4, 0.5) is 0 Å². The predicted octanol–water partition coefficient (Wildman–Crippen LogP) is 2.02. The first-order chi connectivity index (χ1) is 7.60. The number of aryl methyl sites for hydroxylation is 2. The highest BCUT2D eigenvalue weighted by molar-refractivity contribution is 9.10. The Kier molecular flexibility index (Phi) is 5.44. The zero-order valence-electron chi connectivity index (χ0n) is 10.2. The van der Waals surface area contributed by atoms with Crippen LogP contribution in [0.2, 0.25) is 0 Å². The average molecular weight is 290 g/mol. The molecule has 0 aliphatic heterocycles. The third-order valence-corrected chi connectivity index (χ3v) is 3.77. The normalized spacial score (nSPS) is 13.1. The van der Waals surface area contributed by atoms with Crippen molar-refractivity contribution in [3.63, 3.8) is 0 Å². The summed E-state index contributed by atoms with van der Waals surface area (Å²) in [6, 6.07) is 0. The molecular formula is C11H20BrN3O. The second-order valence-electron chi connectivity index (χ2n) is 3.81. The zero-order chi connectivity index (χ0) is 12.1. The van der Waals surface area contributed by atoms with Crippen molar-refractivity contribution in [1.82, 2.24) is 9.78 Å². The molecule has 4 nitrogen and oxygen atoms in total. The number of hydrogen-bond acceptors (Lipinski definition) is 3. The van der Waals surface area contributed by atoms with E-state index in [1.165, 1.54) is 0 Å². The highest BCUT2D eigenvalue weighted by atomic mass is 79.9. The minimum Gasteiger partial charge on any atom is -0.377 e. The summed E-state index contributed by atoms with van der Waals surface area (Å²) in [4.78, 5) is 0. The van der Waals surface area contributed by atoms with Crippen molar-refractivity contribution in [1.29, 1.82) is 0 Å². The van der Waals surface area contributed by atoms with Crippen molar-refractivity contribution in [2.24, 2.45) is 5.73 Å². The molecule has 0 radical (unpaired) electrons. The van der Waals surface area contributed by atoms with Gasteiger partial charge in [0, 0.05) is 25.4 Å². The SMILES string of the molecule is CCOC(CN)CCn1nc(C)c(Br)c1C. The van der Waals surface area contributed by atoms with Crippen molar-refractivity contribution in [3.8, 4) is 0 Å². The highest BCUT2D eigenvalue weighted by Crippen LogP contribution is 2.20. The number of ether oxygens (including phenoxy) is 1. The predicted molar refractivity (Wildman–Crippen MR) is 68.5 cm³/mol. The molecule has 5 heteroatoms. The molecule has 1 aromatic heterocycles. The standard InChI is InChI=1S/C11H20BrN3O/c1-4-16-10(7-13)5-6-15-9(3)11(12)8(2)14-15/h10H,4-7,13H2,1-3H3. The van der Waals surface area contributed by atoms with Gasteiger partial charge in [-0.25, -0.2) is 0 Å². The number of nitrogens with zero attached hydrogens (tertiary/aromatic N) is 2. The Morgan fingerprint density at radius 3 is 2.62 bits per heavy atom. The molecule has 0 bridgehead atoms. The molecule has 2 N–H and O–H groups in total. The zero-order valence-corrected chi connectivity index (χ0v) is 11.7. The summed E-state index contributed by atoms with van der Waals surface area (Å²) in [7, 11) is 0. The maximum atomic E-state index is 5.63. The average Bonchev–Trinajstić information content (AvgIpc) is 2.52. The van der Waals surface area contributed by atoms with Crippen molar-refractivity contribution < 1.29 is 4.74 Å². The van der Waals surface area contributed by atoms with E-state index in [1.54, 1.807) is 0 Å². The molecule has 0 spiro atoms. The molecule has 1 unspecified atom stereocenters. The third-order valence-electron chi connectivity index (χ3n) is 2.62. The third kappa shape index (κ3) is 3.30. The van der Waals surface area contributed by atoms with Gasteiger partial charge in [0.15, 0.2) is 0 Å². The van der Waals surface area contributed by atoms with Crippen LogP contribution in [0.25, 0.3) is 0 Å². The molecule has 0 amide bonds. The minimum absolute atomic E-state index is 0.132. The Labute approximate surface area is 105 Å². The molecule has 0 aliphatic rings. The van der Waals surface area contributed by atoms with E-state index in [-0.39, 0.29) is 6.10 Å². The fourth-order valence-corrected chi connectivity index (χ4v) is 1.95. The van der Waals surface area contributed by atoms with Gasteiger partial charge in [-0.2, -0.15) is 5.10 Å². The Bertz CT molecular complexity index is 338. The topological polar surface area (TPSA) is 53.1 Å². The highest BCUT2D eigenvalue weighted by Gasteiger charge is 2.11. The van der Waals surface area contributed by atoms with Gasteiger partial charge in [0.05, 0.1) is 16.3 Å². The lowest BCUT2D eigenvalue weighted by Crippen LogP contribution is -2.25. The largest absolute Gasteiger partial charge is 0.377 e. The van der Waals surface area contributed by atoms with E-state index in [1.807, 2.05) is 18.5 Å². The molecule has 0 saturated heterocycles. The van der Waals surface area contributed by atoms with Crippen molar-refractivity contribution in [2.45, 2.75) is 39.8 Å². The molecule has 0 aromatic carbocycles. The van der Waals surface area contributed by atoms with Crippen LogP contribution >= 0.6 is 15.9 Å². The Balaban J connectivity index is 2.56. The van der Waals surface area contributed by atoms with Gasteiger partial charge >= 0.3 is 0 Å². The summed E-state index contributed by atoms with van der Waals surface area (Å²) in [6.45, 7) is 8.17. The van der Waals surface area contributed by atoms with Crippen LogP contribution in [-0.4, -0.2) is 29.0 Å². The first-order valence-corrected chi connectivity index (χ1v) is 6.40. The van der Waals surface area contributed by atoms with E-state index in [4.69, 9.17) is 10.5 Å². The van der Waals surface area contributed by atoms with Crippen LogP contribution in [-0.2, 0) is 11.3 Å². The van der Waals surface area contributed by atoms with Gasteiger partial charge in [0.2, 0.25) is 0 Å². The fourth-order valence-electron chi connectivity index (χ4n) is 1.66. The van der Waals surface area contributed by atoms with Gasteiger partial charge in [-0.05, 0) is 43.1 Å². The molecule has 0 saturated carbocycles. The summed E-state index contributed by atoms with van der Waals surface area (Å²) in [5, 5.41) is 4.45. The molecule has 1 heterocycles. The molecule has 1 aromatic rings. The minimum atomic E-state index is 0.132. The molecular weight excluding hydrogens is 270 g/mol. The van der Waals surface area contributed by atoms with E-state index < -0.39 is 0 Å². The second-order valence-corrected chi connectivity index (χ2v) is 4.60. The summed E-state index contributed by atoms with van der Waals surface area (Å²) in [5.41, 5.74) is 7.82. The number of hydrogen-bond donors (Lipinski definition) is 1. The quantitative estimate of drug-likeness (QED) is 0.872. The first-order valence-electron chi connectivity index (χ1n) is 5.61. The summed E-state index contributed by atoms with van der Waals surface area (Å²) in [5.74, 6) is 0. The summed E-state index contributed by atoms with van der Waals surface area (Å²) >= 11 is 3.52. The van der Waals surface area contributed by atoms with E-state index in [9.17, 15) is 0 Å². The Morgan fingerprint density at radius 1 is 1.50 bits per heavy atom. The molecule has 0 fully saturated rings. The van der Waals surface area contributed by atoms with Gasteiger partial charge in [-0.15, -0.1) is 0 Å². The van der Waals surface area contributed by atoms with Gasteiger partial charge < -0.3 is 10.5 Å². The second kappa shape index (κ2) is 6.37. The van der Waals surface area contributed by atoms with Crippen LogP contribution in [0, 0.1) is 13.8 Å². The molecule has 16 heavy (non-hydrogen) atoms. The monoisotopic (exact) mass is 289 g/mol. The van der Waals surface area contributed by atoms with E-state index in [0.29, 0.717) is 13.2 Å². The Hall–Kier alpha value is -0.390. The van der Waals surface area contributed by atoms with Crippen LogP contribution in [0.3, 0.4) is 0 Å². The van der Waals surface area contributed by atoms with Gasteiger partial charge in [-0.1, -0.05) is 0 Å². The van der Waals surface area contributed by atoms with E-state index >= 15 is 0 Å². The molecule has 92 valence electrons. The number of rotatable bonds is 6. The maximum absolute atomic E-state index is 5.63.